The minimum Gasteiger partial charge on any atom is -0.466 e. The van der Waals surface area contributed by atoms with Crippen LogP contribution in [0.15, 0.2) is 6.20 Å². The van der Waals surface area contributed by atoms with Gasteiger partial charge in [0.05, 0.1) is 23.9 Å². The fraction of sp³-hybridized carbons (Fsp3) is 0.538. The van der Waals surface area contributed by atoms with E-state index in [4.69, 9.17) is 4.74 Å². The maximum atomic E-state index is 11.6. The topological polar surface area (TPSA) is 69.4 Å². The van der Waals surface area contributed by atoms with E-state index < -0.39 is 0 Å². The molecule has 0 N–H and O–H groups in total. The third-order valence-corrected chi connectivity index (χ3v) is 3.44. The normalized spacial score (nSPS) is 21.6. The van der Waals surface area contributed by atoms with E-state index in [0.29, 0.717) is 6.61 Å². The largest absolute Gasteiger partial charge is 0.466 e. The fourth-order valence-corrected chi connectivity index (χ4v) is 2.26. The first-order valence-corrected chi connectivity index (χ1v) is 6.47. The van der Waals surface area contributed by atoms with Crippen LogP contribution in [0.4, 0.5) is 0 Å². The van der Waals surface area contributed by atoms with Crippen molar-refractivity contribution in [2.24, 2.45) is 5.92 Å². The lowest BCUT2D eigenvalue weighted by molar-refractivity contribution is -0.144. The number of aryl methyl sites for hydroxylation is 2. The maximum Gasteiger partial charge on any atom is 0.309 e. The lowest BCUT2D eigenvalue weighted by Gasteiger charge is -1.98. The van der Waals surface area contributed by atoms with Crippen molar-refractivity contribution in [2.45, 2.75) is 33.1 Å². The molecule has 0 aromatic carbocycles. The lowest BCUT2D eigenvalue weighted by atomic mass is 10.3. The molecule has 1 aliphatic rings. The van der Waals surface area contributed by atoms with Crippen molar-refractivity contribution in [3.8, 4) is 0 Å². The third kappa shape index (κ3) is 1.97. The first-order chi connectivity index (χ1) is 9.11. The van der Waals surface area contributed by atoms with E-state index in [1.54, 1.807) is 10.7 Å². The molecule has 3 rings (SSSR count). The van der Waals surface area contributed by atoms with E-state index in [1.165, 1.54) is 0 Å². The van der Waals surface area contributed by atoms with Crippen molar-refractivity contribution in [3.63, 3.8) is 0 Å². The van der Waals surface area contributed by atoms with Gasteiger partial charge in [0.2, 0.25) is 0 Å². The highest BCUT2D eigenvalue weighted by Gasteiger charge is 2.47. The van der Waals surface area contributed by atoms with Crippen LogP contribution < -0.4 is 0 Å². The molecule has 0 spiro atoms. The molecule has 100 valence electrons. The molecule has 1 fully saturated rings. The van der Waals surface area contributed by atoms with E-state index in [2.05, 4.69) is 15.1 Å². The highest BCUT2D eigenvalue weighted by atomic mass is 16.5. The Balaban J connectivity index is 1.90. The molecular formula is C13H16N4O2. The molecule has 6 nitrogen and oxygen atoms in total. The molecule has 2 aromatic heterocycles. The van der Waals surface area contributed by atoms with Gasteiger partial charge in [-0.15, -0.1) is 0 Å². The smallest absolute Gasteiger partial charge is 0.309 e. The second-order valence-corrected chi connectivity index (χ2v) is 4.89. The predicted molar refractivity (Wildman–Crippen MR) is 67.7 cm³/mol. The Kier molecular flexibility index (Phi) is 2.73. The van der Waals surface area contributed by atoms with Gasteiger partial charge in [-0.2, -0.15) is 5.10 Å². The van der Waals surface area contributed by atoms with Crippen molar-refractivity contribution in [2.75, 3.05) is 6.61 Å². The number of ether oxygens (including phenoxy) is 1. The van der Waals surface area contributed by atoms with Crippen LogP contribution in [0.25, 0.3) is 5.65 Å². The SMILES string of the molecule is CCOC(=O)[C@@H]1C[C@H]1c1nc2c(C)ncc(C)n2n1. The molecule has 0 saturated heterocycles. The van der Waals surface area contributed by atoms with Gasteiger partial charge in [0.25, 0.3) is 0 Å². The number of fused-ring (bicyclic) bond motifs is 1. The summed E-state index contributed by atoms with van der Waals surface area (Å²) in [6.07, 6.45) is 2.55. The first-order valence-electron chi connectivity index (χ1n) is 6.47. The predicted octanol–water partition coefficient (Wildman–Crippen LogP) is 1.41. The minimum atomic E-state index is -0.141. The van der Waals surface area contributed by atoms with Crippen molar-refractivity contribution < 1.29 is 9.53 Å². The van der Waals surface area contributed by atoms with Gasteiger partial charge in [-0.05, 0) is 27.2 Å². The monoisotopic (exact) mass is 260 g/mol. The summed E-state index contributed by atoms with van der Waals surface area (Å²) >= 11 is 0. The van der Waals surface area contributed by atoms with Gasteiger partial charge in [0.15, 0.2) is 11.5 Å². The molecule has 2 atom stereocenters. The Labute approximate surface area is 110 Å². The van der Waals surface area contributed by atoms with Crippen molar-refractivity contribution in [1.29, 1.82) is 0 Å². The molecule has 0 unspecified atom stereocenters. The van der Waals surface area contributed by atoms with Gasteiger partial charge in [0, 0.05) is 12.1 Å². The minimum absolute atomic E-state index is 0.0778. The van der Waals surface area contributed by atoms with Gasteiger partial charge in [-0.3, -0.25) is 9.78 Å². The van der Waals surface area contributed by atoms with Gasteiger partial charge < -0.3 is 4.74 Å². The quantitative estimate of drug-likeness (QED) is 0.780. The summed E-state index contributed by atoms with van der Waals surface area (Å²) in [6.45, 7) is 6.08. The summed E-state index contributed by atoms with van der Waals surface area (Å²) in [5.74, 6) is 0.596. The average Bonchev–Trinajstić information content (AvgIpc) is 3.06. The van der Waals surface area contributed by atoms with Crippen molar-refractivity contribution in [1.82, 2.24) is 19.6 Å². The van der Waals surface area contributed by atoms with Crippen molar-refractivity contribution in [3.05, 3.63) is 23.4 Å². The lowest BCUT2D eigenvalue weighted by Crippen LogP contribution is -2.07. The van der Waals surface area contributed by atoms with E-state index in [9.17, 15) is 4.79 Å². The highest BCUT2D eigenvalue weighted by molar-refractivity contribution is 5.77. The summed E-state index contributed by atoms with van der Waals surface area (Å²) in [7, 11) is 0. The second kappa shape index (κ2) is 4.29. The number of carbonyl (C=O) groups is 1. The number of esters is 1. The molecule has 6 heteroatoms. The number of rotatable bonds is 3. The van der Waals surface area contributed by atoms with E-state index >= 15 is 0 Å². The molecule has 1 aliphatic carbocycles. The van der Waals surface area contributed by atoms with Crippen LogP contribution in [0.3, 0.4) is 0 Å². The number of nitrogens with zero attached hydrogens (tertiary/aromatic N) is 4. The summed E-state index contributed by atoms with van der Waals surface area (Å²) < 4.78 is 6.82. The van der Waals surface area contributed by atoms with E-state index in [0.717, 1.165) is 29.3 Å². The van der Waals surface area contributed by atoms with Crippen molar-refractivity contribution >= 4 is 11.6 Å². The highest BCUT2D eigenvalue weighted by Crippen LogP contribution is 2.46. The maximum absolute atomic E-state index is 11.6. The van der Waals surface area contributed by atoms with Crippen LogP contribution >= 0.6 is 0 Å². The fourth-order valence-electron chi connectivity index (χ4n) is 2.26. The molecular weight excluding hydrogens is 244 g/mol. The third-order valence-electron chi connectivity index (χ3n) is 3.44. The van der Waals surface area contributed by atoms with Gasteiger partial charge in [-0.1, -0.05) is 0 Å². The molecule has 1 saturated carbocycles. The summed E-state index contributed by atoms with van der Waals surface area (Å²) in [6, 6.07) is 0. The average molecular weight is 260 g/mol. The number of hydrogen-bond donors (Lipinski definition) is 0. The van der Waals surface area contributed by atoms with Gasteiger partial charge >= 0.3 is 5.97 Å². The van der Waals surface area contributed by atoms with Crippen LogP contribution in [-0.4, -0.2) is 32.2 Å². The Bertz CT molecular complexity index is 610. The number of aromatic nitrogens is 4. The number of carbonyl (C=O) groups excluding carboxylic acids is 1. The molecule has 19 heavy (non-hydrogen) atoms. The standard InChI is InChI=1S/C13H16N4O2/c1-4-19-13(18)10-5-9(10)11-15-12-8(3)14-6-7(2)17(12)16-11/h6,9-10H,4-5H2,1-3H3/t9-,10-/m1/s1. The molecule has 0 amide bonds. The van der Waals surface area contributed by atoms with E-state index in [1.807, 2.05) is 20.8 Å². The Morgan fingerprint density at radius 1 is 1.53 bits per heavy atom. The summed E-state index contributed by atoms with van der Waals surface area (Å²) in [4.78, 5) is 20.4. The Hall–Kier alpha value is -1.98. The first kappa shape index (κ1) is 12.1. The van der Waals surface area contributed by atoms with Crippen LogP contribution in [0.2, 0.25) is 0 Å². The van der Waals surface area contributed by atoms with Crippen LogP contribution in [-0.2, 0) is 9.53 Å². The summed E-state index contributed by atoms with van der Waals surface area (Å²) in [5, 5.41) is 4.49. The zero-order chi connectivity index (χ0) is 13.6. The zero-order valence-corrected chi connectivity index (χ0v) is 11.3. The van der Waals surface area contributed by atoms with Gasteiger partial charge in [0.1, 0.15) is 0 Å². The Morgan fingerprint density at radius 2 is 2.32 bits per heavy atom. The van der Waals surface area contributed by atoms with Gasteiger partial charge in [-0.25, -0.2) is 9.50 Å². The molecule has 2 aromatic rings. The molecule has 0 bridgehead atoms. The second-order valence-electron chi connectivity index (χ2n) is 4.89. The number of hydrogen-bond acceptors (Lipinski definition) is 5. The zero-order valence-electron chi connectivity index (χ0n) is 11.3. The van der Waals surface area contributed by atoms with Crippen LogP contribution in [0.5, 0.6) is 0 Å². The molecule has 2 heterocycles. The molecule has 0 radical (unpaired) electrons. The van der Waals surface area contributed by atoms with Crippen LogP contribution in [0, 0.1) is 19.8 Å². The molecule has 0 aliphatic heterocycles. The van der Waals surface area contributed by atoms with Crippen LogP contribution in [0.1, 0.15) is 36.5 Å². The summed E-state index contributed by atoms with van der Waals surface area (Å²) in [5.41, 5.74) is 2.55. The Morgan fingerprint density at radius 3 is 3.00 bits per heavy atom. The van der Waals surface area contributed by atoms with E-state index in [-0.39, 0.29) is 17.8 Å².